The lowest BCUT2D eigenvalue weighted by Gasteiger charge is -2.32. The average Bonchev–Trinajstić information content (AvgIpc) is 2.50. The van der Waals surface area contributed by atoms with Gasteiger partial charge in [-0.3, -0.25) is 4.79 Å². The number of pyridine rings is 1. The van der Waals surface area contributed by atoms with E-state index in [0.717, 1.165) is 16.6 Å². The van der Waals surface area contributed by atoms with E-state index in [1.807, 2.05) is 47.7 Å². The Hall–Kier alpha value is -1.07. The maximum Gasteiger partial charge on any atom is 0.496 e. The number of hydrogen-bond acceptors (Lipinski definition) is 3. The zero-order valence-electron chi connectivity index (χ0n) is 12.8. The minimum absolute atomic E-state index is 0.0257. The standard InChI is InChI=1S/C14H22BNO3/c1-9-10(2)12(17)16(7)8-11(9)15-18-13(3,4)14(5,6)19-15/h8H,1-7H3. The quantitative estimate of drug-likeness (QED) is 0.717. The van der Waals surface area contributed by atoms with Crippen molar-refractivity contribution in [2.24, 2.45) is 7.05 Å². The summed E-state index contributed by atoms with van der Waals surface area (Å²) in [5.74, 6) is 0. The van der Waals surface area contributed by atoms with E-state index in [9.17, 15) is 4.79 Å². The molecule has 1 saturated heterocycles. The van der Waals surface area contributed by atoms with Crippen molar-refractivity contribution in [1.29, 1.82) is 0 Å². The lowest BCUT2D eigenvalue weighted by Crippen LogP contribution is -2.41. The summed E-state index contributed by atoms with van der Waals surface area (Å²) >= 11 is 0. The van der Waals surface area contributed by atoms with Crippen LogP contribution < -0.4 is 11.0 Å². The van der Waals surface area contributed by atoms with Crippen LogP contribution in [0.15, 0.2) is 11.0 Å². The second-order valence-corrected chi connectivity index (χ2v) is 6.34. The van der Waals surface area contributed by atoms with Crippen molar-refractivity contribution >= 4 is 12.6 Å². The molecule has 2 heterocycles. The van der Waals surface area contributed by atoms with Gasteiger partial charge < -0.3 is 13.9 Å². The summed E-state index contributed by atoms with van der Waals surface area (Å²) in [6.07, 6.45) is 1.81. The molecule has 1 fully saturated rings. The third-order valence-electron chi connectivity index (χ3n) is 4.48. The molecule has 0 spiro atoms. The number of hydrogen-bond donors (Lipinski definition) is 0. The zero-order chi connectivity index (χ0) is 14.6. The highest BCUT2D eigenvalue weighted by molar-refractivity contribution is 6.62. The van der Waals surface area contributed by atoms with Crippen LogP contribution in [0.1, 0.15) is 38.8 Å². The molecule has 0 unspecified atom stereocenters. The number of rotatable bonds is 1. The Morgan fingerprint density at radius 2 is 1.53 bits per heavy atom. The van der Waals surface area contributed by atoms with Gasteiger partial charge >= 0.3 is 7.12 Å². The summed E-state index contributed by atoms with van der Waals surface area (Å²) in [6.45, 7) is 11.9. The average molecular weight is 263 g/mol. The van der Waals surface area contributed by atoms with Crippen LogP contribution in [0.25, 0.3) is 0 Å². The Kier molecular flexibility index (Phi) is 3.18. The predicted molar refractivity (Wildman–Crippen MR) is 76.9 cm³/mol. The van der Waals surface area contributed by atoms with E-state index < -0.39 is 7.12 Å². The van der Waals surface area contributed by atoms with Gasteiger partial charge in [0.05, 0.1) is 11.2 Å². The van der Waals surface area contributed by atoms with E-state index >= 15 is 0 Å². The molecule has 2 rings (SSSR count). The highest BCUT2D eigenvalue weighted by Gasteiger charge is 2.52. The Bertz CT molecular complexity index is 559. The first-order valence-corrected chi connectivity index (χ1v) is 6.59. The van der Waals surface area contributed by atoms with Gasteiger partial charge in [-0.15, -0.1) is 0 Å². The van der Waals surface area contributed by atoms with Gasteiger partial charge in [-0.2, -0.15) is 0 Å². The molecule has 1 aromatic heterocycles. The summed E-state index contributed by atoms with van der Waals surface area (Å²) in [5.41, 5.74) is 1.91. The normalized spacial score (nSPS) is 20.9. The highest BCUT2D eigenvalue weighted by Crippen LogP contribution is 2.36. The molecule has 0 bridgehead atoms. The second kappa shape index (κ2) is 4.22. The lowest BCUT2D eigenvalue weighted by atomic mass is 9.76. The molecule has 0 amide bonds. The molecule has 1 aliphatic rings. The van der Waals surface area contributed by atoms with Crippen LogP contribution in [0.4, 0.5) is 0 Å². The largest absolute Gasteiger partial charge is 0.496 e. The summed E-state index contributed by atoms with van der Waals surface area (Å²) in [5, 5.41) is 0. The molecule has 1 aromatic rings. The van der Waals surface area contributed by atoms with Gasteiger partial charge in [-0.1, -0.05) is 0 Å². The highest BCUT2D eigenvalue weighted by atomic mass is 16.7. The van der Waals surface area contributed by atoms with Gasteiger partial charge in [0.1, 0.15) is 0 Å². The summed E-state index contributed by atoms with van der Waals surface area (Å²) in [4.78, 5) is 11.9. The van der Waals surface area contributed by atoms with Crippen molar-refractivity contribution in [3.05, 3.63) is 27.7 Å². The SMILES string of the molecule is Cc1c(B2OC(C)(C)C(C)(C)O2)cn(C)c(=O)c1C. The van der Waals surface area contributed by atoms with E-state index in [4.69, 9.17) is 9.31 Å². The van der Waals surface area contributed by atoms with Crippen LogP contribution in [0.3, 0.4) is 0 Å². The van der Waals surface area contributed by atoms with Crippen LogP contribution in [0.5, 0.6) is 0 Å². The van der Waals surface area contributed by atoms with E-state index in [-0.39, 0.29) is 16.8 Å². The molecule has 0 saturated carbocycles. The van der Waals surface area contributed by atoms with E-state index in [1.54, 1.807) is 11.6 Å². The van der Waals surface area contributed by atoms with E-state index in [2.05, 4.69) is 0 Å². The third-order valence-corrected chi connectivity index (χ3v) is 4.48. The first-order valence-electron chi connectivity index (χ1n) is 6.59. The summed E-state index contributed by atoms with van der Waals surface area (Å²) in [6, 6.07) is 0. The Balaban J connectivity index is 2.49. The fraction of sp³-hybridized carbons (Fsp3) is 0.643. The van der Waals surface area contributed by atoms with E-state index in [0.29, 0.717) is 0 Å². The van der Waals surface area contributed by atoms with Crippen molar-refractivity contribution in [2.75, 3.05) is 0 Å². The molecular formula is C14H22BNO3. The first kappa shape index (κ1) is 14.3. The van der Waals surface area contributed by atoms with Gasteiger partial charge in [0.25, 0.3) is 5.56 Å². The van der Waals surface area contributed by atoms with Gasteiger partial charge in [0, 0.05) is 24.3 Å². The van der Waals surface area contributed by atoms with Crippen LogP contribution in [0.2, 0.25) is 0 Å². The van der Waals surface area contributed by atoms with Crippen molar-refractivity contribution in [3.63, 3.8) is 0 Å². The molecule has 0 N–H and O–H groups in total. The maximum atomic E-state index is 11.9. The first-order chi connectivity index (χ1) is 8.57. The van der Waals surface area contributed by atoms with Crippen molar-refractivity contribution < 1.29 is 9.31 Å². The fourth-order valence-electron chi connectivity index (χ4n) is 2.21. The smallest absolute Gasteiger partial charge is 0.399 e. The van der Waals surface area contributed by atoms with Crippen LogP contribution in [-0.4, -0.2) is 22.9 Å². The Morgan fingerprint density at radius 1 is 1.05 bits per heavy atom. The zero-order valence-corrected chi connectivity index (χ0v) is 12.8. The lowest BCUT2D eigenvalue weighted by molar-refractivity contribution is 0.00578. The topological polar surface area (TPSA) is 40.5 Å². The maximum absolute atomic E-state index is 11.9. The van der Waals surface area contributed by atoms with Crippen LogP contribution in [0, 0.1) is 13.8 Å². The molecule has 0 radical (unpaired) electrons. The number of aryl methyl sites for hydroxylation is 1. The monoisotopic (exact) mass is 263 g/mol. The predicted octanol–water partition coefficient (Wildman–Crippen LogP) is 1.30. The molecule has 0 aliphatic carbocycles. The van der Waals surface area contributed by atoms with Crippen molar-refractivity contribution in [1.82, 2.24) is 4.57 Å². The van der Waals surface area contributed by atoms with Crippen molar-refractivity contribution in [2.45, 2.75) is 52.7 Å². The third kappa shape index (κ3) is 2.15. The molecule has 104 valence electrons. The van der Waals surface area contributed by atoms with Gasteiger partial charge in [0.2, 0.25) is 0 Å². The summed E-state index contributed by atoms with van der Waals surface area (Å²) < 4.78 is 13.7. The molecule has 1 aliphatic heterocycles. The minimum atomic E-state index is -0.421. The second-order valence-electron chi connectivity index (χ2n) is 6.34. The van der Waals surface area contributed by atoms with Gasteiger partial charge in [-0.25, -0.2) is 0 Å². The van der Waals surface area contributed by atoms with Crippen LogP contribution in [-0.2, 0) is 16.4 Å². The van der Waals surface area contributed by atoms with Crippen LogP contribution >= 0.6 is 0 Å². The molecule has 0 atom stereocenters. The molecule has 0 aromatic carbocycles. The Labute approximate surface area is 114 Å². The minimum Gasteiger partial charge on any atom is -0.399 e. The van der Waals surface area contributed by atoms with Gasteiger partial charge in [0.15, 0.2) is 0 Å². The number of nitrogens with zero attached hydrogens (tertiary/aromatic N) is 1. The number of aromatic nitrogens is 1. The fourth-order valence-corrected chi connectivity index (χ4v) is 2.21. The van der Waals surface area contributed by atoms with E-state index in [1.165, 1.54) is 0 Å². The molecule has 4 nitrogen and oxygen atoms in total. The van der Waals surface area contributed by atoms with Gasteiger partial charge in [-0.05, 0) is 47.1 Å². The summed E-state index contributed by atoms with van der Waals surface area (Å²) in [7, 11) is 1.33. The molecule has 5 heteroatoms. The molecule has 19 heavy (non-hydrogen) atoms. The Morgan fingerprint density at radius 3 is 2.00 bits per heavy atom. The molecular weight excluding hydrogens is 241 g/mol. The van der Waals surface area contributed by atoms with Crippen molar-refractivity contribution in [3.8, 4) is 0 Å².